The van der Waals surface area contributed by atoms with Crippen LogP contribution in [0, 0.1) is 13.8 Å². The first-order valence-electron chi connectivity index (χ1n) is 8.37. The summed E-state index contributed by atoms with van der Waals surface area (Å²) in [7, 11) is 0. The number of rotatable bonds is 2. The number of ether oxygens (including phenoxy) is 1. The van der Waals surface area contributed by atoms with Crippen LogP contribution < -0.4 is 10.5 Å². The van der Waals surface area contributed by atoms with Crippen molar-refractivity contribution in [1.82, 2.24) is 4.90 Å². The lowest BCUT2D eigenvalue weighted by Crippen LogP contribution is -2.54. The van der Waals surface area contributed by atoms with Crippen LogP contribution in [-0.2, 0) is 5.54 Å². The van der Waals surface area contributed by atoms with E-state index in [1.54, 1.807) is 0 Å². The summed E-state index contributed by atoms with van der Waals surface area (Å²) in [6.07, 6.45) is 6.31. The molecular weight excluding hydrogens is 260 g/mol. The van der Waals surface area contributed by atoms with Gasteiger partial charge < -0.3 is 10.5 Å². The molecule has 0 spiro atoms. The molecule has 0 amide bonds. The van der Waals surface area contributed by atoms with Crippen molar-refractivity contribution in [3.05, 3.63) is 28.8 Å². The zero-order chi connectivity index (χ0) is 14.9. The number of fused-ring (bicyclic) bond motifs is 1. The summed E-state index contributed by atoms with van der Waals surface area (Å²) in [5.74, 6) is 1.08. The molecule has 0 radical (unpaired) electrons. The van der Waals surface area contributed by atoms with Crippen LogP contribution >= 0.6 is 0 Å². The zero-order valence-electron chi connectivity index (χ0n) is 13.5. The number of hydrogen-bond acceptors (Lipinski definition) is 3. The van der Waals surface area contributed by atoms with Crippen molar-refractivity contribution in [3.63, 3.8) is 0 Å². The Bertz CT molecular complexity index is 506. The van der Waals surface area contributed by atoms with Crippen LogP contribution in [0.25, 0.3) is 0 Å². The van der Waals surface area contributed by atoms with E-state index in [-0.39, 0.29) is 5.54 Å². The van der Waals surface area contributed by atoms with Crippen LogP contribution in [0.5, 0.6) is 5.75 Å². The van der Waals surface area contributed by atoms with E-state index in [9.17, 15) is 0 Å². The molecule has 116 valence electrons. The maximum absolute atomic E-state index is 6.34. The van der Waals surface area contributed by atoms with Gasteiger partial charge in [0, 0.05) is 18.5 Å². The molecule has 2 N–H and O–H groups in total. The Morgan fingerprint density at radius 3 is 2.52 bits per heavy atom. The lowest BCUT2D eigenvalue weighted by molar-refractivity contribution is 0.0509. The van der Waals surface area contributed by atoms with Crippen molar-refractivity contribution in [2.24, 2.45) is 5.73 Å². The van der Waals surface area contributed by atoms with Gasteiger partial charge in [0.1, 0.15) is 5.75 Å². The number of nitrogens with two attached hydrogens (primary N) is 1. The fourth-order valence-electron chi connectivity index (χ4n) is 4.12. The highest BCUT2D eigenvalue weighted by atomic mass is 16.5. The summed E-state index contributed by atoms with van der Waals surface area (Å²) in [6, 6.07) is 4.52. The molecule has 2 heterocycles. The molecule has 1 atom stereocenters. The number of aryl methyl sites for hydroxylation is 2. The molecule has 0 bridgehead atoms. The van der Waals surface area contributed by atoms with Crippen LogP contribution in [0.15, 0.2) is 12.1 Å². The second kappa shape index (κ2) is 5.98. The van der Waals surface area contributed by atoms with Crippen molar-refractivity contribution >= 4 is 0 Å². The van der Waals surface area contributed by atoms with E-state index in [0.29, 0.717) is 6.54 Å². The summed E-state index contributed by atoms with van der Waals surface area (Å²) in [5, 5.41) is 0. The van der Waals surface area contributed by atoms with E-state index >= 15 is 0 Å². The molecule has 0 saturated carbocycles. The molecule has 1 unspecified atom stereocenters. The molecule has 1 saturated heterocycles. The van der Waals surface area contributed by atoms with E-state index in [0.717, 1.165) is 18.8 Å². The maximum Gasteiger partial charge on any atom is 0.127 e. The van der Waals surface area contributed by atoms with Gasteiger partial charge in [0.25, 0.3) is 0 Å². The minimum absolute atomic E-state index is 0.0191. The maximum atomic E-state index is 6.34. The number of hydrogen-bond donors (Lipinski definition) is 1. The van der Waals surface area contributed by atoms with Gasteiger partial charge in [-0.25, -0.2) is 0 Å². The molecule has 3 rings (SSSR count). The van der Waals surface area contributed by atoms with Crippen molar-refractivity contribution < 1.29 is 4.74 Å². The number of likely N-dealkylation sites (tertiary alicyclic amines) is 1. The summed E-state index contributed by atoms with van der Waals surface area (Å²) in [5.41, 5.74) is 10.2. The minimum atomic E-state index is -0.0191. The number of nitrogens with zero attached hydrogens (tertiary/aromatic N) is 1. The summed E-state index contributed by atoms with van der Waals surface area (Å²) in [4.78, 5) is 2.65. The van der Waals surface area contributed by atoms with Crippen molar-refractivity contribution in [2.75, 3.05) is 26.2 Å². The summed E-state index contributed by atoms with van der Waals surface area (Å²) >= 11 is 0. The molecule has 2 aliphatic heterocycles. The van der Waals surface area contributed by atoms with Gasteiger partial charge in [-0.05, 0) is 45.3 Å². The topological polar surface area (TPSA) is 38.5 Å². The standard InChI is InChI=1S/C18H28N2O/c1-14-11-15(2)17-16(12-14)18(13-19,7-10-21-17)20-8-5-3-4-6-9-20/h11-12H,3-10,13,19H2,1-2H3. The second-order valence-electron chi connectivity index (χ2n) is 6.69. The second-order valence-corrected chi connectivity index (χ2v) is 6.69. The smallest absolute Gasteiger partial charge is 0.127 e. The average Bonchev–Trinajstić information content (AvgIpc) is 2.76. The first-order valence-corrected chi connectivity index (χ1v) is 8.37. The largest absolute Gasteiger partial charge is 0.493 e. The monoisotopic (exact) mass is 288 g/mol. The van der Waals surface area contributed by atoms with Crippen LogP contribution in [0.2, 0.25) is 0 Å². The molecule has 1 aromatic rings. The van der Waals surface area contributed by atoms with E-state index in [2.05, 4.69) is 30.9 Å². The molecular formula is C18H28N2O. The normalized spacial score (nSPS) is 26.8. The van der Waals surface area contributed by atoms with E-state index < -0.39 is 0 Å². The predicted octanol–water partition coefficient (Wildman–Crippen LogP) is 3.12. The van der Waals surface area contributed by atoms with Crippen molar-refractivity contribution in [2.45, 2.75) is 51.5 Å². The van der Waals surface area contributed by atoms with Gasteiger partial charge in [-0.1, -0.05) is 30.5 Å². The molecule has 1 fully saturated rings. The van der Waals surface area contributed by atoms with Gasteiger partial charge in [-0.15, -0.1) is 0 Å². The molecule has 3 heteroatoms. The van der Waals surface area contributed by atoms with E-state index in [4.69, 9.17) is 10.5 Å². The van der Waals surface area contributed by atoms with E-state index in [1.807, 2.05) is 0 Å². The number of benzene rings is 1. The van der Waals surface area contributed by atoms with Crippen LogP contribution in [0.3, 0.4) is 0 Å². The minimum Gasteiger partial charge on any atom is -0.493 e. The lowest BCUT2D eigenvalue weighted by Gasteiger charge is -2.47. The Balaban J connectivity index is 2.07. The quantitative estimate of drug-likeness (QED) is 0.908. The summed E-state index contributed by atoms with van der Waals surface area (Å²) in [6.45, 7) is 8.14. The van der Waals surface area contributed by atoms with Crippen LogP contribution in [0.4, 0.5) is 0 Å². The first-order chi connectivity index (χ1) is 10.2. The third-order valence-corrected chi connectivity index (χ3v) is 5.23. The fraction of sp³-hybridized carbons (Fsp3) is 0.667. The zero-order valence-corrected chi connectivity index (χ0v) is 13.5. The molecule has 3 nitrogen and oxygen atoms in total. The Hall–Kier alpha value is -1.06. The van der Waals surface area contributed by atoms with Crippen molar-refractivity contribution in [3.8, 4) is 5.75 Å². The third-order valence-electron chi connectivity index (χ3n) is 5.23. The average molecular weight is 288 g/mol. The van der Waals surface area contributed by atoms with Gasteiger partial charge in [0.05, 0.1) is 12.1 Å². The van der Waals surface area contributed by atoms with Gasteiger partial charge in [0.2, 0.25) is 0 Å². The molecule has 1 aromatic carbocycles. The highest BCUT2D eigenvalue weighted by Gasteiger charge is 2.42. The van der Waals surface area contributed by atoms with Gasteiger partial charge in [-0.2, -0.15) is 0 Å². The Labute approximate surface area is 128 Å². The highest BCUT2D eigenvalue weighted by Crippen LogP contribution is 2.43. The lowest BCUT2D eigenvalue weighted by atomic mass is 9.80. The Kier molecular flexibility index (Phi) is 4.23. The Morgan fingerprint density at radius 1 is 1.14 bits per heavy atom. The van der Waals surface area contributed by atoms with Gasteiger partial charge >= 0.3 is 0 Å². The van der Waals surface area contributed by atoms with E-state index in [1.165, 1.54) is 55.5 Å². The predicted molar refractivity (Wildman–Crippen MR) is 86.8 cm³/mol. The molecule has 21 heavy (non-hydrogen) atoms. The van der Waals surface area contributed by atoms with Crippen LogP contribution in [0.1, 0.15) is 48.8 Å². The fourth-order valence-corrected chi connectivity index (χ4v) is 4.12. The molecule has 0 aromatic heterocycles. The van der Waals surface area contributed by atoms with Crippen molar-refractivity contribution in [1.29, 1.82) is 0 Å². The van der Waals surface area contributed by atoms with Gasteiger partial charge in [-0.3, -0.25) is 4.90 Å². The Morgan fingerprint density at radius 2 is 1.86 bits per heavy atom. The first kappa shape index (κ1) is 14.9. The highest BCUT2D eigenvalue weighted by molar-refractivity contribution is 5.49. The molecule has 2 aliphatic rings. The van der Waals surface area contributed by atoms with Crippen LogP contribution in [-0.4, -0.2) is 31.1 Å². The molecule has 0 aliphatic carbocycles. The third kappa shape index (κ3) is 2.58. The SMILES string of the molecule is Cc1cc(C)c2c(c1)C(CN)(N1CCCCCC1)CCO2. The summed E-state index contributed by atoms with van der Waals surface area (Å²) < 4.78 is 6.01. The van der Waals surface area contributed by atoms with Gasteiger partial charge in [0.15, 0.2) is 0 Å².